The van der Waals surface area contributed by atoms with E-state index < -0.39 is 0 Å². The Hall–Kier alpha value is -3.78. The monoisotopic (exact) mass is 580 g/mol. The fourth-order valence-electron chi connectivity index (χ4n) is 4.77. The number of halogens is 2. The molecule has 1 heterocycles. The van der Waals surface area contributed by atoms with Crippen molar-refractivity contribution in [2.75, 3.05) is 25.1 Å². The Morgan fingerprint density at radius 1 is 0.925 bits per heavy atom. The molecular formula is C31H34Cl2N4O3. The zero-order valence-corrected chi connectivity index (χ0v) is 23.9. The van der Waals surface area contributed by atoms with E-state index in [0.717, 1.165) is 48.0 Å². The average molecular weight is 582 g/mol. The highest BCUT2D eigenvalue weighted by molar-refractivity contribution is 6.07. The number of benzene rings is 4. The van der Waals surface area contributed by atoms with Crippen molar-refractivity contribution < 1.29 is 14.3 Å². The van der Waals surface area contributed by atoms with Gasteiger partial charge in [0.05, 0.1) is 19.3 Å². The number of hydrogen-bond acceptors (Lipinski definition) is 5. The van der Waals surface area contributed by atoms with Crippen LogP contribution < -0.4 is 25.4 Å². The van der Waals surface area contributed by atoms with Crippen LogP contribution in [0.25, 0.3) is 10.8 Å². The number of nitrogens with zero attached hydrogens (tertiary/aromatic N) is 1. The van der Waals surface area contributed by atoms with E-state index >= 15 is 0 Å². The highest BCUT2D eigenvalue weighted by atomic mass is 35.5. The lowest BCUT2D eigenvalue weighted by atomic mass is 10.0. The minimum Gasteiger partial charge on any atom is -0.497 e. The molecule has 0 aliphatic carbocycles. The zero-order valence-electron chi connectivity index (χ0n) is 22.3. The van der Waals surface area contributed by atoms with Crippen molar-refractivity contribution in [1.82, 2.24) is 5.32 Å². The van der Waals surface area contributed by atoms with Crippen molar-refractivity contribution in [3.05, 3.63) is 102 Å². The number of methoxy groups -OCH3 is 1. The maximum atomic E-state index is 14.0. The third-order valence-electron chi connectivity index (χ3n) is 6.87. The number of rotatable bonds is 8. The Morgan fingerprint density at radius 3 is 2.30 bits per heavy atom. The molecule has 1 aliphatic rings. The Kier molecular flexibility index (Phi) is 10.8. The van der Waals surface area contributed by atoms with Gasteiger partial charge in [-0.3, -0.25) is 10.2 Å². The normalized spacial score (nSPS) is 13.0. The van der Waals surface area contributed by atoms with E-state index in [-0.39, 0.29) is 42.7 Å². The first kappa shape index (κ1) is 30.8. The maximum Gasteiger partial charge on any atom is 0.258 e. The maximum absolute atomic E-state index is 14.0. The smallest absolute Gasteiger partial charge is 0.258 e. The molecule has 0 spiro atoms. The second-order valence-electron chi connectivity index (χ2n) is 9.46. The molecule has 4 aromatic carbocycles. The van der Waals surface area contributed by atoms with Crippen molar-refractivity contribution in [2.45, 2.75) is 25.5 Å². The van der Waals surface area contributed by atoms with Gasteiger partial charge >= 0.3 is 0 Å². The lowest BCUT2D eigenvalue weighted by molar-refractivity contribution is 0.0982. The number of para-hydroxylation sites is 2. The molecule has 0 unspecified atom stereocenters. The molecule has 0 atom stereocenters. The van der Waals surface area contributed by atoms with E-state index in [4.69, 9.17) is 20.6 Å². The predicted molar refractivity (Wildman–Crippen MR) is 166 cm³/mol. The number of carbonyl (C=O) groups is 1. The lowest BCUT2D eigenvalue weighted by Gasteiger charge is -2.29. The summed E-state index contributed by atoms with van der Waals surface area (Å²) in [6, 6.07) is 26.7. The molecule has 210 valence electrons. The fourth-order valence-corrected chi connectivity index (χ4v) is 4.77. The summed E-state index contributed by atoms with van der Waals surface area (Å²) in [5.41, 5.74) is 8.63. The summed E-state index contributed by atoms with van der Waals surface area (Å²) in [7, 11) is 1.61. The number of fused-ring (bicyclic) bond motifs is 1. The van der Waals surface area contributed by atoms with Crippen molar-refractivity contribution in [3.63, 3.8) is 0 Å². The number of hydrogen-bond donors (Lipinski definition) is 3. The first-order valence-electron chi connectivity index (χ1n) is 12.8. The van der Waals surface area contributed by atoms with Gasteiger partial charge in [-0.15, -0.1) is 24.8 Å². The van der Waals surface area contributed by atoms with Crippen LogP contribution in [0.15, 0.2) is 84.9 Å². The summed E-state index contributed by atoms with van der Waals surface area (Å²) >= 11 is 0. The van der Waals surface area contributed by atoms with Gasteiger partial charge in [0.25, 0.3) is 5.91 Å². The quantitative estimate of drug-likeness (QED) is 0.176. The molecule has 0 saturated carbocycles. The van der Waals surface area contributed by atoms with Crippen LogP contribution >= 0.6 is 24.8 Å². The van der Waals surface area contributed by atoms with Crippen molar-refractivity contribution in [1.29, 1.82) is 5.41 Å². The first-order chi connectivity index (χ1) is 18.5. The van der Waals surface area contributed by atoms with Crippen LogP contribution in [0, 0.1) is 5.41 Å². The van der Waals surface area contributed by atoms with E-state index in [1.807, 2.05) is 60.7 Å². The van der Waals surface area contributed by atoms with Crippen LogP contribution in [-0.2, 0) is 6.54 Å². The van der Waals surface area contributed by atoms with Gasteiger partial charge in [-0.1, -0.05) is 36.4 Å². The van der Waals surface area contributed by atoms with Gasteiger partial charge in [-0.25, -0.2) is 0 Å². The summed E-state index contributed by atoms with van der Waals surface area (Å²) in [6.45, 7) is 2.18. The summed E-state index contributed by atoms with van der Waals surface area (Å²) in [4.78, 5) is 15.7. The highest BCUT2D eigenvalue weighted by Gasteiger charge is 2.24. The van der Waals surface area contributed by atoms with E-state index in [1.54, 1.807) is 36.3 Å². The molecule has 7 nitrogen and oxygen atoms in total. The molecule has 0 aromatic heterocycles. The highest BCUT2D eigenvalue weighted by Crippen LogP contribution is 2.33. The number of nitrogens with two attached hydrogens (primary N) is 1. The minimum atomic E-state index is -0.133. The molecule has 9 heteroatoms. The third kappa shape index (κ3) is 7.04. The lowest BCUT2D eigenvalue weighted by Crippen LogP contribution is -2.35. The summed E-state index contributed by atoms with van der Waals surface area (Å²) in [5, 5.41) is 13.2. The molecule has 1 fully saturated rings. The molecule has 4 aromatic rings. The van der Waals surface area contributed by atoms with Crippen LogP contribution in [-0.4, -0.2) is 38.0 Å². The SMILES string of the molecule is COc1ccc(C(=O)N(Cc2ccc3ccc(C(=N)N)cc3c2)c2ccccc2OC2CCNCC2)cc1.Cl.Cl. The van der Waals surface area contributed by atoms with Gasteiger partial charge in [-0.2, -0.15) is 0 Å². The Balaban J connectivity index is 0.00000220. The number of nitrogens with one attached hydrogen (secondary N) is 2. The summed E-state index contributed by atoms with van der Waals surface area (Å²) in [5.74, 6) is 1.28. The number of piperidine rings is 1. The largest absolute Gasteiger partial charge is 0.497 e. The van der Waals surface area contributed by atoms with Crippen LogP contribution in [0.3, 0.4) is 0 Å². The molecule has 5 rings (SSSR count). The van der Waals surface area contributed by atoms with Crippen LogP contribution in [0.4, 0.5) is 5.69 Å². The number of nitrogen functional groups attached to an aromatic ring is 1. The Morgan fingerprint density at radius 2 is 1.60 bits per heavy atom. The van der Waals surface area contributed by atoms with Crippen LogP contribution in [0.2, 0.25) is 0 Å². The van der Waals surface area contributed by atoms with Gasteiger partial charge in [0.2, 0.25) is 0 Å². The number of ether oxygens (including phenoxy) is 2. The third-order valence-corrected chi connectivity index (χ3v) is 6.87. The number of amides is 1. The minimum absolute atomic E-state index is 0. The zero-order chi connectivity index (χ0) is 26.5. The second kappa shape index (κ2) is 14.0. The number of carbonyl (C=O) groups excluding carboxylic acids is 1. The molecule has 1 aliphatic heterocycles. The average Bonchev–Trinajstić information content (AvgIpc) is 2.96. The molecule has 4 N–H and O–H groups in total. The first-order valence-corrected chi connectivity index (χ1v) is 12.8. The molecular weight excluding hydrogens is 547 g/mol. The van der Waals surface area contributed by atoms with Gasteiger partial charge < -0.3 is 25.4 Å². The van der Waals surface area contributed by atoms with Gasteiger partial charge in [0.1, 0.15) is 23.4 Å². The predicted octanol–water partition coefficient (Wildman–Crippen LogP) is 5.95. The van der Waals surface area contributed by atoms with E-state index in [2.05, 4.69) is 5.32 Å². The topological polar surface area (TPSA) is 101 Å². The van der Waals surface area contributed by atoms with Crippen molar-refractivity contribution in [3.8, 4) is 11.5 Å². The van der Waals surface area contributed by atoms with Gasteiger partial charge in [0, 0.05) is 11.1 Å². The van der Waals surface area contributed by atoms with Crippen molar-refractivity contribution >= 4 is 53.0 Å². The molecule has 40 heavy (non-hydrogen) atoms. The molecule has 1 saturated heterocycles. The number of amidine groups is 1. The number of anilines is 1. The van der Waals surface area contributed by atoms with E-state index in [9.17, 15) is 4.79 Å². The van der Waals surface area contributed by atoms with Crippen molar-refractivity contribution in [2.24, 2.45) is 5.73 Å². The van der Waals surface area contributed by atoms with Gasteiger partial charge in [-0.05, 0) is 90.8 Å². The second-order valence-corrected chi connectivity index (χ2v) is 9.46. The van der Waals surface area contributed by atoms with E-state index in [1.165, 1.54) is 0 Å². The van der Waals surface area contributed by atoms with E-state index in [0.29, 0.717) is 29.2 Å². The van der Waals surface area contributed by atoms with Crippen LogP contribution in [0.5, 0.6) is 11.5 Å². The Labute approximate surface area is 247 Å². The van der Waals surface area contributed by atoms with Crippen LogP contribution in [0.1, 0.15) is 34.3 Å². The molecule has 0 bridgehead atoms. The Bertz CT molecular complexity index is 1460. The van der Waals surface area contributed by atoms with Gasteiger partial charge in [0.15, 0.2) is 0 Å². The summed E-state index contributed by atoms with van der Waals surface area (Å²) < 4.78 is 11.7. The molecule has 0 radical (unpaired) electrons. The molecule has 1 amide bonds. The summed E-state index contributed by atoms with van der Waals surface area (Å²) in [6.07, 6.45) is 1.94. The fraction of sp³-hybridized carbons (Fsp3) is 0.226. The standard InChI is InChI=1S/C31H32N4O3.2ClH/c1-37-26-12-10-23(11-13-26)31(36)35(28-4-2-3-5-29(28)38-27-14-16-34-17-15-27)20-21-6-7-22-8-9-24(30(32)33)19-25(22)18-21;;/h2-13,18-19,27,34H,14-17,20H2,1H3,(H3,32,33);2*1H.